The first-order chi connectivity index (χ1) is 10.2. The second kappa shape index (κ2) is 4.88. The molecule has 3 atom stereocenters. The lowest BCUT2D eigenvalue weighted by molar-refractivity contribution is 0.502. The number of hydrogen-bond donors (Lipinski definition) is 1. The van der Waals surface area contributed by atoms with Crippen LogP contribution in [0, 0.1) is 12.9 Å². The number of aryl methyl sites for hydroxylation is 1. The maximum Gasteiger partial charge on any atom is 0.220 e. The van der Waals surface area contributed by atoms with Gasteiger partial charge in [-0.1, -0.05) is 6.07 Å². The molecule has 4 heterocycles. The molecule has 0 spiro atoms. The summed E-state index contributed by atoms with van der Waals surface area (Å²) in [6.45, 7) is 1.93. The van der Waals surface area contributed by atoms with E-state index in [4.69, 9.17) is 0 Å². The van der Waals surface area contributed by atoms with Crippen molar-refractivity contribution in [2.24, 2.45) is 0 Å². The maximum atomic E-state index is 14.1. The minimum Gasteiger partial charge on any atom is -0.311 e. The zero-order valence-electron chi connectivity index (χ0n) is 12.0. The number of nitrogens with one attached hydrogen (secondary N) is 1. The summed E-state index contributed by atoms with van der Waals surface area (Å²) in [7, 11) is 0. The summed E-state index contributed by atoms with van der Waals surface area (Å²) in [5.41, 5.74) is 3.43. The molecule has 0 saturated carbocycles. The van der Waals surface area contributed by atoms with E-state index in [0.717, 1.165) is 23.2 Å². The summed E-state index contributed by atoms with van der Waals surface area (Å²) in [4.78, 5) is 8.24. The Morgan fingerprint density at radius 2 is 2.10 bits per heavy atom. The Balaban J connectivity index is 1.71. The van der Waals surface area contributed by atoms with E-state index in [1.165, 1.54) is 12.8 Å². The smallest absolute Gasteiger partial charge is 0.220 e. The van der Waals surface area contributed by atoms with Gasteiger partial charge in [-0.15, -0.1) is 0 Å². The van der Waals surface area contributed by atoms with Gasteiger partial charge in [0.2, 0.25) is 5.95 Å². The predicted molar refractivity (Wildman–Crippen MR) is 79.5 cm³/mol. The zero-order chi connectivity index (χ0) is 14.4. The van der Waals surface area contributed by atoms with Gasteiger partial charge < -0.3 is 5.32 Å². The molecular weight excluding hydrogens is 265 g/mol. The fourth-order valence-corrected chi connectivity index (χ4v) is 3.69. The van der Waals surface area contributed by atoms with Crippen LogP contribution < -0.4 is 5.32 Å². The highest BCUT2D eigenvalue weighted by atomic mass is 19.1. The van der Waals surface area contributed by atoms with Crippen molar-refractivity contribution in [3.8, 4) is 11.1 Å². The highest BCUT2D eigenvalue weighted by molar-refractivity contribution is 5.63. The average Bonchev–Trinajstić information content (AvgIpc) is 3.12. The van der Waals surface area contributed by atoms with Crippen molar-refractivity contribution in [2.45, 2.75) is 44.2 Å². The fraction of sp³-hybridized carbons (Fsp3) is 0.412. The summed E-state index contributed by atoms with van der Waals surface area (Å²) in [5, 5.41) is 3.62. The normalized spacial score (nSPS) is 27.2. The van der Waals surface area contributed by atoms with Crippen LogP contribution in [0.15, 0.2) is 30.6 Å². The van der Waals surface area contributed by atoms with E-state index in [1.807, 2.05) is 25.1 Å². The Morgan fingerprint density at radius 3 is 2.76 bits per heavy atom. The quantitative estimate of drug-likeness (QED) is 0.860. The summed E-state index contributed by atoms with van der Waals surface area (Å²) >= 11 is 0. The number of nitrogens with zero attached hydrogens (tertiary/aromatic N) is 2. The minimum atomic E-state index is -0.416. The van der Waals surface area contributed by atoms with E-state index < -0.39 is 5.95 Å². The second-order valence-electron chi connectivity index (χ2n) is 6.18. The van der Waals surface area contributed by atoms with Crippen LogP contribution in [0.4, 0.5) is 4.39 Å². The fourth-order valence-electron chi connectivity index (χ4n) is 3.69. The number of pyridine rings is 2. The van der Waals surface area contributed by atoms with E-state index in [1.54, 1.807) is 12.4 Å². The maximum absolute atomic E-state index is 14.1. The third-order valence-electron chi connectivity index (χ3n) is 4.81. The van der Waals surface area contributed by atoms with E-state index >= 15 is 0 Å². The van der Waals surface area contributed by atoms with Crippen molar-refractivity contribution in [3.63, 3.8) is 0 Å². The summed E-state index contributed by atoms with van der Waals surface area (Å²) < 4.78 is 14.1. The Kier molecular flexibility index (Phi) is 3.00. The number of fused-ring (bicyclic) bond motifs is 2. The second-order valence-corrected chi connectivity index (χ2v) is 6.18. The largest absolute Gasteiger partial charge is 0.311 e. The number of hydrogen-bond acceptors (Lipinski definition) is 3. The number of aromatic nitrogens is 2. The van der Waals surface area contributed by atoms with E-state index in [-0.39, 0.29) is 0 Å². The molecule has 2 aliphatic rings. The highest BCUT2D eigenvalue weighted by Gasteiger charge is 2.39. The standard InChI is InChI=1S/C17H18FN3/c1-10-2-3-11(8-19-10)15-6-12(9-20-17(15)18)14-7-13-4-5-16(14)21-13/h2-3,6,8-9,13-14,16,21H,4-5,7H2,1H3. The molecule has 2 fully saturated rings. The van der Waals surface area contributed by atoms with Gasteiger partial charge in [0.1, 0.15) is 0 Å². The topological polar surface area (TPSA) is 37.8 Å². The molecule has 0 amide bonds. The van der Waals surface area contributed by atoms with E-state index in [0.29, 0.717) is 23.6 Å². The number of rotatable bonds is 2. The highest BCUT2D eigenvalue weighted by Crippen LogP contribution is 2.40. The first-order valence-electron chi connectivity index (χ1n) is 7.55. The molecule has 2 bridgehead atoms. The van der Waals surface area contributed by atoms with Crippen molar-refractivity contribution in [1.29, 1.82) is 0 Å². The molecule has 3 unspecified atom stereocenters. The molecule has 1 N–H and O–H groups in total. The molecule has 21 heavy (non-hydrogen) atoms. The Morgan fingerprint density at radius 1 is 1.19 bits per heavy atom. The van der Waals surface area contributed by atoms with Gasteiger partial charge in [-0.25, -0.2) is 4.98 Å². The van der Waals surface area contributed by atoms with Crippen LogP contribution in [-0.4, -0.2) is 22.1 Å². The SMILES string of the molecule is Cc1ccc(-c2cc(C3CC4CCC3N4)cnc2F)cn1. The molecule has 0 aliphatic carbocycles. The Bertz CT molecular complexity index is 668. The molecule has 2 aromatic heterocycles. The number of halogens is 1. The first-order valence-corrected chi connectivity index (χ1v) is 7.55. The van der Waals surface area contributed by atoms with E-state index in [9.17, 15) is 4.39 Å². The van der Waals surface area contributed by atoms with Gasteiger partial charge in [0.15, 0.2) is 0 Å². The lowest BCUT2D eigenvalue weighted by Crippen LogP contribution is -2.21. The molecule has 2 saturated heterocycles. The molecule has 0 radical (unpaired) electrons. The first kappa shape index (κ1) is 12.9. The van der Waals surface area contributed by atoms with Crippen LogP contribution in [-0.2, 0) is 0 Å². The molecule has 108 valence electrons. The molecule has 4 heteroatoms. The minimum absolute atomic E-state index is 0.416. The lowest BCUT2D eigenvalue weighted by atomic mass is 9.84. The zero-order valence-corrected chi connectivity index (χ0v) is 12.0. The molecule has 3 nitrogen and oxygen atoms in total. The van der Waals surface area contributed by atoms with Gasteiger partial charge in [0, 0.05) is 47.2 Å². The van der Waals surface area contributed by atoms with Crippen LogP contribution >= 0.6 is 0 Å². The Labute approximate surface area is 123 Å². The summed E-state index contributed by atoms with van der Waals surface area (Å²) in [6, 6.07) is 6.94. The van der Waals surface area contributed by atoms with Gasteiger partial charge in [-0.05, 0) is 43.9 Å². The third kappa shape index (κ3) is 2.23. The van der Waals surface area contributed by atoms with Gasteiger partial charge in [0.25, 0.3) is 0 Å². The average molecular weight is 283 g/mol. The van der Waals surface area contributed by atoms with Crippen molar-refractivity contribution in [1.82, 2.24) is 15.3 Å². The molecule has 2 aliphatic heterocycles. The van der Waals surface area contributed by atoms with Crippen LogP contribution in [0.3, 0.4) is 0 Å². The lowest BCUT2D eigenvalue weighted by Gasteiger charge is -2.20. The summed E-state index contributed by atoms with van der Waals surface area (Å²) in [5.74, 6) is 0.0505. The van der Waals surface area contributed by atoms with Crippen molar-refractivity contribution >= 4 is 0 Å². The summed E-state index contributed by atoms with van der Waals surface area (Å²) in [6.07, 6.45) is 7.05. The third-order valence-corrected chi connectivity index (χ3v) is 4.81. The van der Waals surface area contributed by atoms with Crippen LogP contribution in [0.25, 0.3) is 11.1 Å². The predicted octanol–water partition coefficient (Wildman–Crippen LogP) is 3.20. The van der Waals surface area contributed by atoms with Crippen LogP contribution in [0.2, 0.25) is 0 Å². The monoisotopic (exact) mass is 283 g/mol. The molecule has 2 aromatic rings. The van der Waals surface area contributed by atoms with Crippen molar-refractivity contribution in [2.75, 3.05) is 0 Å². The molecule has 4 rings (SSSR count). The van der Waals surface area contributed by atoms with Gasteiger partial charge in [-0.2, -0.15) is 4.39 Å². The van der Waals surface area contributed by atoms with Crippen molar-refractivity contribution in [3.05, 3.63) is 47.8 Å². The molecule has 0 aromatic carbocycles. The van der Waals surface area contributed by atoms with Crippen molar-refractivity contribution < 1.29 is 4.39 Å². The van der Waals surface area contributed by atoms with E-state index in [2.05, 4.69) is 15.3 Å². The Hall–Kier alpha value is -1.81. The van der Waals surface area contributed by atoms with Crippen LogP contribution in [0.1, 0.15) is 36.4 Å². The molecular formula is C17H18FN3. The van der Waals surface area contributed by atoms with Crippen LogP contribution in [0.5, 0.6) is 0 Å². The van der Waals surface area contributed by atoms with Gasteiger partial charge in [-0.3, -0.25) is 4.98 Å². The van der Waals surface area contributed by atoms with Gasteiger partial charge >= 0.3 is 0 Å². The van der Waals surface area contributed by atoms with Gasteiger partial charge in [0.05, 0.1) is 0 Å².